The summed E-state index contributed by atoms with van der Waals surface area (Å²) in [6, 6.07) is 9.15. The minimum atomic E-state index is -4.41. The number of likely N-dealkylation sites (tertiary alicyclic amines) is 2. The Hall–Kier alpha value is -3.40. The number of carbonyl (C=O) groups is 1. The molecule has 3 heterocycles. The topological polar surface area (TPSA) is 63.5 Å². The molecule has 2 fully saturated rings. The van der Waals surface area contributed by atoms with Crippen molar-refractivity contribution in [2.75, 3.05) is 19.7 Å². The van der Waals surface area contributed by atoms with Crippen molar-refractivity contribution in [2.45, 2.75) is 64.5 Å². The molecule has 0 unspecified atom stereocenters. The number of fused-ring (bicyclic) bond motifs is 2. The summed E-state index contributed by atoms with van der Waals surface area (Å²) in [5.74, 6) is 0.684. The number of halogens is 3. The van der Waals surface area contributed by atoms with Crippen molar-refractivity contribution in [1.82, 2.24) is 24.6 Å². The van der Waals surface area contributed by atoms with Gasteiger partial charge in [-0.2, -0.15) is 18.3 Å². The van der Waals surface area contributed by atoms with E-state index in [9.17, 15) is 18.0 Å². The molecule has 3 atom stereocenters. The molecule has 2 aromatic carbocycles. The Morgan fingerprint density at radius 2 is 1.84 bits per heavy atom. The molecule has 0 spiro atoms. The van der Waals surface area contributed by atoms with Crippen molar-refractivity contribution in [1.29, 1.82) is 0 Å². The Labute approximate surface area is 220 Å². The number of benzene rings is 2. The molecular weight excluding hydrogens is 495 g/mol. The van der Waals surface area contributed by atoms with Crippen molar-refractivity contribution < 1.29 is 22.7 Å². The summed E-state index contributed by atoms with van der Waals surface area (Å²) in [6.45, 7) is 9.08. The minimum absolute atomic E-state index is 0.0613. The smallest absolute Gasteiger partial charge is 0.416 e. The number of hydrogen-bond donors (Lipinski definition) is 0. The second-order valence-electron chi connectivity index (χ2n) is 10.2. The van der Waals surface area contributed by atoms with Crippen molar-refractivity contribution in [3.8, 4) is 5.75 Å². The Bertz CT molecular complexity index is 1280. The second-order valence-corrected chi connectivity index (χ2v) is 10.2. The van der Waals surface area contributed by atoms with Crippen molar-refractivity contribution in [2.24, 2.45) is 0 Å². The first-order chi connectivity index (χ1) is 18.1. The van der Waals surface area contributed by atoms with E-state index in [2.05, 4.69) is 41.8 Å². The van der Waals surface area contributed by atoms with Gasteiger partial charge in [0.25, 0.3) is 5.91 Å². The summed E-state index contributed by atoms with van der Waals surface area (Å²) in [6.07, 6.45) is 0.514. The van der Waals surface area contributed by atoms with Gasteiger partial charge in [0.1, 0.15) is 18.4 Å². The highest BCUT2D eigenvalue weighted by Crippen LogP contribution is 2.40. The van der Waals surface area contributed by atoms with Gasteiger partial charge >= 0.3 is 6.18 Å². The van der Waals surface area contributed by atoms with Crippen molar-refractivity contribution >= 4 is 5.91 Å². The van der Waals surface area contributed by atoms with E-state index in [1.807, 2.05) is 11.0 Å². The molecule has 0 aliphatic carbocycles. The summed E-state index contributed by atoms with van der Waals surface area (Å²) in [5, 5.41) is 4.10. The van der Waals surface area contributed by atoms with Crippen LogP contribution in [0.1, 0.15) is 58.4 Å². The van der Waals surface area contributed by atoms with E-state index < -0.39 is 11.7 Å². The molecule has 0 saturated carbocycles. The fourth-order valence-corrected chi connectivity index (χ4v) is 5.75. The Balaban J connectivity index is 1.19. The van der Waals surface area contributed by atoms with Crippen LogP contribution in [0.15, 0.2) is 49.1 Å². The van der Waals surface area contributed by atoms with Crippen LogP contribution >= 0.6 is 0 Å². The number of amides is 1. The maximum Gasteiger partial charge on any atom is 0.416 e. The van der Waals surface area contributed by atoms with Gasteiger partial charge in [-0.3, -0.25) is 14.4 Å². The highest BCUT2D eigenvalue weighted by molar-refractivity contribution is 5.94. The lowest BCUT2D eigenvalue weighted by Crippen LogP contribution is -2.49. The number of rotatable bonds is 8. The zero-order valence-electron chi connectivity index (χ0n) is 21.8. The van der Waals surface area contributed by atoms with Crippen LogP contribution in [0.5, 0.6) is 5.75 Å². The van der Waals surface area contributed by atoms with Crippen molar-refractivity contribution in [3.05, 3.63) is 76.9 Å². The third-order valence-corrected chi connectivity index (χ3v) is 7.99. The lowest BCUT2D eigenvalue weighted by molar-refractivity contribution is -0.137. The number of piperazine rings is 1. The van der Waals surface area contributed by atoms with Gasteiger partial charge in [0, 0.05) is 49.7 Å². The zero-order valence-corrected chi connectivity index (χ0v) is 21.8. The first kappa shape index (κ1) is 26.2. The van der Waals surface area contributed by atoms with E-state index in [1.54, 1.807) is 11.0 Å². The van der Waals surface area contributed by atoms with E-state index in [-0.39, 0.29) is 24.0 Å². The second kappa shape index (κ2) is 10.4. The van der Waals surface area contributed by atoms with Gasteiger partial charge < -0.3 is 9.64 Å². The van der Waals surface area contributed by atoms with Crippen LogP contribution in [-0.4, -0.2) is 62.3 Å². The van der Waals surface area contributed by atoms with Gasteiger partial charge in [-0.05, 0) is 74.2 Å². The van der Waals surface area contributed by atoms with Crippen LogP contribution in [0, 0.1) is 13.8 Å². The molecule has 0 radical (unpaired) electrons. The van der Waals surface area contributed by atoms with Gasteiger partial charge in [-0.1, -0.05) is 6.07 Å². The van der Waals surface area contributed by atoms with Gasteiger partial charge in [-0.15, -0.1) is 0 Å². The highest BCUT2D eigenvalue weighted by Gasteiger charge is 2.47. The molecule has 2 saturated heterocycles. The fraction of sp³-hybridized carbons (Fsp3) is 0.464. The van der Waals surface area contributed by atoms with Gasteiger partial charge in [0.05, 0.1) is 12.2 Å². The molecule has 1 amide bonds. The van der Waals surface area contributed by atoms with Crippen LogP contribution in [-0.2, 0) is 12.7 Å². The third kappa shape index (κ3) is 5.14. The monoisotopic (exact) mass is 527 g/mol. The SMILES string of the molecule is Cc1c(OCCCn2cncn2)ccc([C@H](C)N2C[C@@H]3C[C@H]2CN3C(=O)c2ccc(C(F)(F)F)cc2)c1C. The molecule has 2 aliphatic heterocycles. The Kier molecular flexibility index (Phi) is 7.17. The van der Waals surface area contributed by atoms with Crippen LogP contribution < -0.4 is 4.74 Å². The van der Waals surface area contributed by atoms with Gasteiger partial charge in [-0.25, -0.2) is 4.98 Å². The lowest BCUT2D eigenvalue weighted by Gasteiger charge is -2.38. The summed E-state index contributed by atoms with van der Waals surface area (Å²) in [5.41, 5.74) is 3.12. The molecule has 3 aromatic rings. The highest BCUT2D eigenvalue weighted by atomic mass is 19.4. The number of nitrogens with zero attached hydrogens (tertiary/aromatic N) is 5. The van der Waals surface area contributed by atoms with E-state index in [4.69, 9.17) is 4.74 Å². The molecule has 7 nitrogen and oxygen atoms in total. The van der Waals surface area contributed by atoms with Gasteiger partial charge in [0.15, 0.2) is 0 Å². The van der Waals surface area contributed by atoms with Gasteiger partial charge in [0.2, 0.25) is 0 Å². The van der Waals surface area contributed by atoms with Crippen LogP contribution in [0.4, 0.5) is 13.2 Å². The predicted octanol–water partition coefficient (Wildman–Crippen LogP) is 5.04. The zero-order chi connectivity index (χ0) is 27.0. The van der Waals surface area contributed by atoms with Crippen LogP contribution in [0.25, 0.3) is 0 Å². The Morgan fingerprint density at radius 1 is 1.08 bits per heavy atom. The average Bonchev–Trinajstić information content (AvgIpc) is 3.66. The quantitative estimate of drug-likeness (QED) is 0.384. The minimum Gasteiger partial charge on any atom is -0.493 e. The van der Waals surface area contributed by atoms with E-state index in [0.29, 0.717) is 18.7 Å². The standard InChI is InChI=1S/C28H32F3N5O2/c1-18-19(2)26(38-12-4-11-34-17-32-16-33-34)10-9-25(18)20(3)35-14-24-13-23(35)15-36(24)27(37)21-5-7-22(8-6-21)28(29,30)31/h5-10,16-17,20,23-24H,4,11-15H2,1-3H3/t20-,23-,24-/m0/s1. The molecule has 38 heavy (non-hydrogen) atoms. The average molecular weight is 528 g/mol. The molecule has 202 valence electrons. The number of alkyl halides is 3. The van der Waals surface area contributed by atoms with E-state index in [0.717, 1.165) is 49.4 Å². The number of hydrogen-bond acceptors (Lipinski definition) is 5. The third-order valence-electron chi connectivity index (χ3n) is 7.99. The number of carbonyl (C=O) groups excluding carboxylic acids is 1. The summed E-state index contributed by atoms with van der Waals surface area (Å²) in [7, 11) is 0. The maximum absolute atomic E-state index is 13.1. The largest absolute Gasteiger partial charge is 0.493 e. The summed E-state index contributed by atoms with van der Waals surface area (Å²) < 4.78 is 46.5. The maximum atomic E-state index is 13.1. The fourth-order valence-electron chi connectivity index (χ4n) is 5.75. The first-order valence-electron chi connectivity index (χ1n) is 12.9. The normalized spacial score (nSPS) is 20.2. The Morgan fingerprint density at radius 3 is 2.47 bits per heavy atom. The van der Waals surface area contributed by atoms with Crippen LogP contribution in [0.3, 0.4) is 0 Å². The van der Waals surface area contributed by atoms with E-state index >= 15 is 0 Å². The first-order valence-corrected chi connectivity index (χ1v) is 12.9. The summed E-state index contributed by atoms with van der Waals surface area (Å²) >= 11 is 0. The van der Waals surface area contributed by atoms with Crippen molar-refractivity contribution in [3.63, 3.8) is 0 Å². The molecule has 5 rings (SSSR count). The lowest BCUT2D eigenvalue weighted by atomic mass is 9.96. The molecular formula is C28H32F3N5O2. The predicted molar refractivity (Wildman–Crippen MR) is 136 cm³/mol. The molecule has 0 N–H and O–H groups in total. The number of ether oxygens (including phenoxy) is 1. The molecule has 1 aromatic heterocycles. The van der Waals surface area contributed by atoms with Crippen LogP contribution in [0.2, 0.25) is 0 Å². The molecule has 10 heteroatoms. The number of aryl methyl sites for hydroxylation is 1. The molecule has 2 aliphatic rings. The number of aromatic nitrogens is 3. The van der Waals surface area contributed by atoms with E-state index in [1.165, 1.54) is 29.6 Å². The molecule has 2 bridgehead atoms. The summed E-state index contributed by atoms with van der Waals surface area (Å²) in [4.78, 5) is 21.3.